The standard InChI is InChI=1S/C137H126B2N4/c1-130(2,3)92-54-44-55-99(76-92)140-119-84-120-116(83-115(119)139-114-65-41-43-67-118(114)142(123-71-90(70-121(140)126(123)139)89-68-93(131(4,5)6)74-94(69-89)132(7,8)9)128-106(85-46-26-22-27-47-85)79-97(135(16,17)18)80-107(128)86-48-28-23-29-49-86)138-113-64-40-42-66-117(113)141(100-77-95(133(10,11)12)75-96(78-100)134(13,14)15)122-72-91(101-59-45-60-105-104-58-36-39-63-112(104)137(125(101)105)110-61-37-34-56-102(110)103-57-35-38-62-111(103)137)73-124(127(122)138)143(120)129-108(87-50-30-24-31-51-87)81-98(136(19,20)21)82-109(129)88-52-32-25-33-53-88/h22-84H,1-21H3. The molecule has 2 aliphatic carbocycles. The quantitative estimate of drug-likeness (QED) is 0.127. The third-order valence-corrected chi connectivity index (χ3v) is 32.0. The number of para-hydroxylation sites is 2. The van der Waals surface area contributed by atoms with Crippen molar-refractivity contribution in [1.82, 2.24) is 0 Å². The van der Waals surface area contributed by atoms with E-state index < -0.39 is 5.41 Å². The Bertz CT molecular complexity index is 8000. The van der Waals surface area contributed by atoms with Crippen molar-refractivity contribution in [2.75, 3.05) is 19.6 Å². The molecule has 18 aromatic carbocycles. The van der Waals surface area contributed by atoms with Crippen LogP contribution in [0.5, 0.6) is 0 Å². The van der Waals surface area contributed by atoms with Crippen LogP contribution in [0.2, 0.25) is 0 Å². The van der Waals surface area contributed by atoms with Gasteiger partial charge >= 0.3 is 0 Å². The van der Waals surface area contributed by atoms with E-state index in [4.69, 9.17) is 0 Å². The lowest BCUT2D eigenvalue weighted by atomic mass is 9.30. The molecule has 0 saturated carbocycles. The number of rotatable bonds is 10. The predicted octanol–water partition coefficient (Wildman–Crippen LogP) is 33.3. The van der Waals surface area contributed by atoms with Gasteiger partial charge in [-0.3, -0.25) is 0 Å². The fraction of sp³-hybridized carbons (Fsp3) is 0.212. The zero-order valence-corrected chi connectivity index (χ0v) is 86.8. The smallest absolute Gasteiger partial charge is 0.252 e. The van der Waals surface area contributed by atoms with Crippen molar-refractivity contribution in [3.05, 3.63) is 443 Å². The van der Waals surface area contributed by atoms with E-state index in [0.717, 1.165) is 113 Å². The van der Waals surface area contributed by atoms with Gasteiger partial charge in [-0.25, -0.2) is 0 Å². The summed E-state index contributed by atoms with van der Waals surface area (Å²) >= 11 is 0. The van der Waals surface area contributed by atoms with Crippen LogP contribution in [0.15, 0.2) is 382 Å². The second kappa shape index (κ2) is 32.7. The third-order valence-electron chi connectivity index (χ3n) is 32.0. The highest BCUT2D eigenvalue weighted by Gasteiger charge is 2.55. The summed E-state index contributed by atoms with van der Waals surface area (Å²) in [4.78, 5) is 11.1. The largest absolute Gasteiger partial charge is 0.311 e. The first kappa shape index (κ1) is 90.8. The normalized spacial score (nSPS) is 14.2. The Balaban J connectivity index is 0.898. The van der Waals surface area contributed by atoms with Gasteiger partial charge in [-0.15, -0.1) is 0 Å². The van der Waals surface area contributed by atoms with Crippen LogP contribution < -0.4 is 52.4 Å². The molecule has 1 spiro atoms. The lowest BCUT2D eigenvalue weighted by molar-refractivity contribution is 0.568. The van der Waals surface area contributed by atoms with Crippen molar-refractivity contribution >= 4 is 114 Å². The minimum absolute atomic E-state index is 0.191. The van der Waals surface area contributed by atoms with Crippen LogP contribution in [-0.4, -0.2) is 13.4 Å². The molecule has 6 heteroatoms. The molecule has 0 fully saturated rings. The highest BCUT2D eigenvalue weighted by Crippen LogP contribution is 2.66. The fourth-order valence-corrected chi connectivity index (χ4v) is 24.5. The summed E-state index contributed by atoms with van der Waals surface area (Å²) < 4.78 is 0. The van der Waals surface area contributed by atoms with E-state index in [1.807, 2.05) is 0 Å². The Hall–Kier alpha value is -14.7. The highest BCUT2D eigenvalue weighted by molar-refractivity contribution is 7.03. The van der Waals surface area contributed by atoms with Crippen molar-refractivity contribution in [2.24, 2.45) is 0 Å². The van der Waals surface area contributed by atoms with Crippen molar-refractivity contribution in [3.8, 4) is 89.0 Å². The highest BCUT2D eigenvalue weighted by atomic mass is 15.2. The molecule has 6 aliphatic rings. The molecular weight excluding hydrogens is 1720 g/mol. The monoisotopic (exact) mass is 1850 g/mol. The number of hydrogen-bond donors (Lipinski definition) is 0. The molecule has 18 aromatic rings. The zero-order chi connectivity index (χ0) is 99.0. The summed E-state index contributed by atoms with van der Waals surface area (Å²) in [6, 6.07) is 151. The Kier molecular flexibility index (Phi) is 20.7. The lowest BCUT2D eigenvalue weighted by Crippen LogP contribution is -2.65. The molecule has 0 atom stereocenters. The van der Waals surface area contributed by atoms with Crippen molar-refractivity contribution in [3.63, 3.8) is 0 Å². The van der Waals surface area contributed by atoms with Crippen molar-refractivity contribution in [1.29, 1.82) is 0 Å². The van der Waals surface area contributed by atoms with Crippen LogP contribution in [0, 0.1) is 0 Å². The Morgan fingerprint density at radius 3 is 0.881 bits per heavy atom. The van der Waals surface area contributed by atoms with E-state index in [0.29, 0.717) is 0 Å². The summed E-state index contributed by atoms with van der Waals surface area (Å²) in [7, 11) is 0. The molecule has 0 bridgehead atoms. The van der Waals surface area contributed by atoms with E-state index in [9.17, 15) is 0 Å². The maximum Gasteiger partial charge on any atom is 0.252 e. The molecule has 4 nitrogen and oxygen atoms in total. The van der Waals surface area contributed by atoms with Gasteiger partial charge < -0.3 is 19.6 Å². The van der Waals surface area contributed by atoms with Crippen LogP contribution in [0.1, 0.15) is 207 Å². The molecule has 4 aliphatic heterocycles. The van der Waals surface area contributed by atoms with E-state index in [1.165, 1.54) is 138 Å². The van der Waals surface area contributed by atoms with E-state index in [-0.39, 0.29) is 51.3 Å². The molecule has 143 heavy (non-hydrogen) atoms. The summed E-state index contributed by atoms with van der Waals surface area (Å²) in [5.74, 6) is 0. The zero-order valence-electron chi connectivity index (χ0n) is 86.8. The Morgan fingerprint density at radius 1 is 0.175 bits per heavy atom. The molecule has 4 heterocycles. The summed E-state index contributed by atoms with van der Waals surface area (Å²) in [5.41, 5.74) is 52.0. The topological polar surface area (TPSA) is 13.0 Å². The van der Waals surface area contributed by atoms with E-state index in [1.54, 1.807) is 0 Å². The number of fused-ring (bicyclic) bond motifs is 18. The van der Waals surface area contributed by atoms with Gasteiger partial charge in [0.2, 0.25) is 0 Å². The third kappa shape index (κ3) is 14.6. The van der Waals surface area contributed by atoms with Crippen LogP contribution in [-0.2, 0) is 43.3 Å². The van der Waals surface area contributed by atoms with Gasteiger partial charge in [0, 0.05) is 79.1 Å². The first-order valence-electron chi connectivity index (χ1n) is 51.7. The van der Waals surface area contributed by atoms with Crippen LogP contribution in [0.4, 0.5) is 68.2 Å². The molecule has 0 radical (unpaired) electrons. The van der Waals surface area contributed by atoms with Gasteiger partial charge in [0.1, 0.15) is 0 Å². The predicted molar refractivity (Wildman–Crippen MR) is 614 cm³/mol. The first-order valence-corrected chi connectivity index (χ1v) is 51.7. The maximum atomic E-state index is 2.85. The molecule has 0 saturated heterocycles. The molecule has 0 unspecified atom stereocenters. The van der Waals surface area contributed by atoms with E-state index >= 15 is 0 Å². The van der Waals surface area contributed by atoms with Gasteiger partial charge in [0.15, 0.2) is 0 Å². The SMILES string of the molecule is CC(C)(C)c1cccc(N2c3cc4c(cc3B3c5ccccc5N(c5c(-c6ccccc6)cc(C(C)(C)C)cc5-c5ccccc5)c5cc(-c6cc(C(C)(C)C)cc(C(C)(C)C)c6)cc2c53)B2c3ccccc3N(c3cc(C(C)(C)C)cc(C(C)(C)C)c3)c3cc(-c5cccc6c5C5(c7ccccc7-c7ccccc75)c5ccccc5-6)cc(c32)N4c2c(-c3ccccc3)cc(C(C)(C)C)cc2-c2ccccc2)c1. The van der Waals surface area contributed by atoms with Gasteiger partial charge in [-0.1, -0.05) is 437 Å². The number of anilines is 12. The number of benzene rings is 18. The molecule has 0 amide bonds. The summed E-state index contributed by atoms with van der Waals surface area (Å²) in [6.07, 6.45) is 0. The molecule has 700 valence electrons. The van der Waals surface area contributed by atoms with E-state index in [2.05, 4.69) is 547 Å². The molecule has 24 rings (SSSR count). The molecular formula is C137H126B2N4. The average molecular weight is 1850 g/mol. The number of nitrogens with zero attached hydrogens (tertiary/aromatic N) is 4. The first-order chi connectivity index (χ1) is 68.4. The van der Waals surface area contributed by atoms with Crippen molar-refractivity contribution < 1.29 is 0 Å². The van der Waals surface area contributed by atoms with Crippen LogP contribution in [0.25, 0.3) is 89.0 Å². The minimum Gasteiger partial charge on any atom is -0.311 e. The lowest BCUT2D eigenvalue weighted by Gasteiger charge is -2.48. The minimum atomic E-state index is -0.691. The van der Waals surface area contributed by atoms with Crippen LogP contribution in [0.3, 0.4) is 0 Å². The van der Waals surface area contributed by atoms with Crippen molar-refractivity contribution in [2.45, 2.75) is 189 Å². The summed E-state index contributed by atoms with van der Waals surface area (Å²) in [5, 5.41) is 0. The summed E-state index contributed by atoms with van der Waals surface area (Å²) in [6.45, 7) is 49.5. The fourth-order valence-electron chi connectivity index (χ4n) is 24.5. The second-order valence-corrected chi connectivity index (χ2v) is 48.4. The van der Waals surface area contributed by atoms with Gasteiger partial charge in [-0.05, 0) is 290 Å². The second-order valence-electron chi connectivity index (χ2n) is 48.4. The average Bonchev–Trinajstić information content (AvgIpc) is 1.54. The Morgan fingerprint density at radius 2 is 0.469 bits per heavy atom. The van der Waals surface area contributed by atoms with Crippen LogP contribution >= 0.6 is 0 Å². The van der Waals surface area contributed by atoms with Gasteiger partial charge in [-0.2, -0.15) is 0 Å². The van der Waals surface area contributed by atoms with Gasteiger partial charge in [0.25, 0.3) is 13.4 Å². The Labute approximate surface area is 849 Å². The maximum absolute atomic E-state index is 2.85. The molecule has 0 N–H and O–H groups in total. The van der Waals surface area contributed by atoms with Gasteiger partial charge in [0.05, 0.1) is 16.8 Å². The number of hydrogen-bond acceptors (Lipinski definition) is 4. The molecule has 0 aromatic heterocycles.